The highest BCUT2D eigenvalue weighted by molar-refractivity contribution is 7.10. The fourth-order valence-corrected chi connectivity index (χ4v) is 4.57. The van der Waals surface area contributed by atoms with Gasteiger partial charge in [0.05, 0.1) is 5.60 Å². The Morgan fingerprint density at radius 2 is 2.29 bits per heavy atom. The number of hydrogen-bond acceptors (Lipinski definition) is 4. The van der Waals surface area contributed by atoms with Gasteiger partial charge in [0, 0.05) is 36.0 Å². The molecule has 2 N–H and O–H groups in total. The smallest absolute Gasteiger partial charge is 0.104 e. The third-order valence-electron chi connectivity index (χ3n) is 4.93. The molecule has 0 bridgehead atoms. The first-order valence-electron chi connectivity index (χ1n) is 7.82. The number of hydrogen-bond donors (Lipinski definition) is 2. The topological polar surface area (TPSA) is 43.7 Å². The van der Waals surface area contributed by atoms with E-state index in [1.165, 1.54) is 17.7 Å². The van der Waals surface area contributed by atoms with Gasteiger partial charge in [-0.05, 0) is 30.7 Å². The molecule has 2 unspecified atom stereocenters. The van der Waals surface area contributed by atoms with Crippen LogP contribution in [0, 0.1) is 17.8 Å². The molecule has 2 aliphatic rings. The zero-order chi connectivity index (χ0) is 14.7. The van der Waals surface area contributed by atoms with Crippen molar-refractivity contribution in [1.29, 1.82) is 0 Å². The first kappa shape index (κ1) is 15.1. The summed E-state index contributed by atoms with van der Waals surface area (Å²) in [5, 5.41) is 21.6. The molecular weight excluding hydrogens is 282 g/mol. The quantitative estimate of drug-likeness (QED) is 0.824. The Kier molecular flexibility index (Phi) is 4.66. The SMILES string of the molecule is OCC#Cc1ccsc1CN1CCC2(O)CCCCC2C1. The Bertz CT molecular complexity index is 544. The van der Waals surface area contributed by atoms with E-state index in [1.807, 2.05) is 6.07 Å². The van der Waals surface area contributed by atoms with Crippen LogP contribution in [0.1, 0.15) is 42.5 Å². The molecule has 4 heteroatoms. The maximum Gasteiger partial charge on any atom is 0.104 e. The molecule has 114 valence electrons. The van der Waals surface area contributed by atoms with Crippen molar-refractivity contribution in [3.05, 3.63) is 21.9 Å². The van der Waals surface area contributed by atoms with Crippen LogP contribution in [0.5, 0.6) is 0 Å². The van der Waals surface area contributed by atoms with Gasteiger partial charge in [-0.3, -0.25) is 4.90 Å². The monoisotopic (exact) mass is 305 g/mol. The number of likely N-dealkylation sites (tertiary alicyclic amines) is 1. The van der Waals surface area contributed by atoms with E-state index in [1.54, 1.807) is 11.3 Å². The molecular formula is C17H23NO2S. The molecule has 0 spiro atoms. The fraction of sp³-hybridized carbons (Fsp3) is 0.647. The lowest BCUT2D eigenvalue weighted by molar-refractivity contribution is -0.0966. The van der Waals surface area contributed by atoms with Crippen LogP contribution in [0.15, 0.2) is 11.4 Å². The largest absolute Gasteiger partial charge is 0.390 e. The van der Waals surface area contributed by atoms with E-state index in [0.717, 1.165) is 44.5 Å². The Morgan fingerprint density at radius 1 is 1.38 bits per heavy atom. The van der Waals surface area contributed by atoms with Crippen molar-refractivity contribution >= 4 is 11.3 Å². The van der Waals surface area contributed by atoms with Gasteiger partial charge in [0.15, 0.2) is 0 Å². The number of nitrogens with zero attached hydrogens (tertiary/aromatic N) is 1. The van der Waals surface area contributed by atoms with Crippen molar-refractivity contribution in [3.63, 3.8) is 0 Å². The Morgan fingerprint density at radius 3 is 3.14 bits per heavy atom. The summed E-state index contributed by atoms with van der Waals surface area (Å²) in [4.78, 5) is 3.73. The van der Waals surface area contributed by atoms with E-state index in [2.05, 4.69) is 22.1 Å². The van der Waals surface area contributed by atoms with Gasteiger partial charge in [0.2, 0.25) is 0 Å². The molecule has 3 rings (SSSR count). The molecule has 21 heavy (non-hydrogen) atoms. The predicted molar refractivity (Wildman–Crippen MR) is 85.1 cm³/mol. The number of rotatable bonds is 2. The van der Waals surface area contributed by atoms with Crippen molar-refractivity contribution in [3.8, 4) is 11.8 Å². The van der Waals surface area contributed by atoms with Gasteiger partial charge in [-0.25, -0.2) is 0 Å². The number of thiophene rings is 1. The Balaban J connectivity index is 1.65. The second-order valence-electron chi connectivity index (χ2n) is 6.25. The summed E-state index contributed by atoms with van der Waals surface area (Å²) < 4.78 is 0. The van der Waals surface area contributed by atoms with Gasteiger partial charge < -0.3 is 10.2 Å². The lowest BCUT2D eigenvalue weighted by Crippen LogP contribution is -2.52. The third kappa shape index (κ3) is 3.32. The summed E-state index contributed by atoms with van der Waals surface area (Å²) in [6, 6.07) is 2.03. The molecule has 1 aromatic rings. The lowest BCUT2D eigenvalue weighted by Gasteiger charge is -2.47. The Labute approximate surface area is 130 Å². The molecule has 0 amide bonds. The van der Waals surface area contributed by atoms with Crippen LogP contribution in [-0.2, 0) is 6.54 Å². The number of fused-ring (bicyclic) bond motifs is 1. The van der Waals surface area contributed by atoms with Crippen molar-refractivity contribution in [1.82, 2.24) is 4.90 Å². The molecule has 1 aliphatic carbocycles. The molecule has 1 aromatic heterocycles. The maximum absolute atomic E-state index is 10.7. The second-order valence-corrected chi connectivity index (χ2v) is 7.25. The van der Waals surface area contributed by atoms with Crippen LogP contribution in [0.25, 0.3) is 0 Å². The number of aliphatic hydroxyl groups is 2. The van der Waals surface area contributed by atoms with Crippen LogP contribution < -0.4 is 0 Å². The summed E-state index contributed by atoms with van der Waals surface area (Å²) in [6.45, 7) is 2.80. The van der Waals surface area contributed by atoms with Gasteiger partial charge >= 0.3 is 0 Å². The second kappa shape index (κ2) is 6.50. The lowest BCUT2D eigenvalue weighted by atomic mass is 9.71. The molecule has 1 saturated heterocycles. The summed E-state index contributed by atoms with van der Waals surface area (Å²) in [5.74, 6) is 6.20. The molecule has 1 aliphatic heterocycles. The number of aliphatic hydroxyl groups excluding tert-OH is 1. The van der Waals surface area contributed by atoms with E-state index in [-0.39, 0.29) is 6.61 Å². The molecule has 0 aromatic carbocycles. The van der Waals surface area contributed by atoms with E-state index in [0.29, 0.717) is 5.92 Å². The minimum Gasteiger partial charge on any atom is -0.390 e. The van der Waals surface area contributed by atoms with Crippen LogP contribution >= 0.6 is 11.3 Å². The summed E-state index contributed by atoms with van der Waals surface area (Å²) >= 11 is 1.73. The average molecular weight is 305 g/mol. The maximum atomic E-state index is 10.7. The highest BCUT2D eigenvalue weighted by Crippen LogP contribution is 2.40. The van der Waals surface area contributed by atoms with Gasteiger partial charge in [-0.15, -0.1) is 11.3 Å². The van der Waals surface area contributed by atoms with Gasteiger partial charge in [0.1, 0.15) is 6.61 Å². The number of piperidine rings is 1. The predicted octanol–water partition coefficient (Wildman–Crippen LogP) is 2.22. The van der Waals surface area contributed by atoms with Gasteiger partial charge in [0.25, 0.3) is 0 Å². The first-order valence-corrected chi connectivity index (χ1v) is 8.70. The van der Waals surface area contributed by atoms with Crippen molar-refractivity contribution in [2.45, 2.75) is 44.2 Å². The summed E-state index contributed by atoms with van der Waals surface area (Å²) in [7, 11) is 0. The zero-order valence-corrected chi connectivity index (χ0v) is 13.2. The minimum absolute atomic E-state index is 0.0892. The van der Waals surface area contributed by atoms with Crippen LogP contribution in [0.3, 0.4) is 0 Å². The normalized spacial score (nSPS) is 29.5. The summed E-state index contributed by atoms with van der Waals surface area (Å²) in [6.07, 6.45) is 5.49. The third-order valence-corrected chi connectivity index (χ3v) is 5.83. The van der Waals surface area contributed by atoms with Gasteiger partial charge in [-0.2, -0.15) is 0 Å². The highest BCUT2D eigenvalue weighted by Gasteiger charge is 2.42. The molecule has 2 atom stereocenters. The van der Waals surface area contributed by atoms with Crippen molar-refractivity contribution < 1.29 is 10.2 Å². The highest BCUT2D eigenvalue weighted by atomic mass is 32.1. The molecule has 0 radical (unpaired) electrons. The van der Waals surface area contributed by atoms with Gasteiger partial charge in [-0.1, -0.05) is 24.7 Å². The standard InChI is InChI=1S/C17H23NO2S/c19-10-3-4-14-6-11-21-16(14)13-18-9-8-17(20)7-2-1-5-15(17)12-18/h6,11,15,19-20H,1-2,5,7-10,12-13H2. The van der Waals surface area contributed by atoms with Crippen LogP contribution in [-0.4, -0.2) is 40.4 Å². The summed E-state index contributed by atoms with van der Waals surface area (Å²) in [5.41, 5.74) is 0.641. The van der Waals surface area contributed by atoms with E-state index >= 15 is 0 Å². The first-order chi connectivity index (χ1) is 10.2. The van der Waals surface area contributed by atoms with Crippen LogP contribution in [0.4, 0.5) is 0 Å². The molecule has 2 fully saturated rings. The van der Waals surface area contributed by atoms with E-state index in [4.69, 9.17) is 5.11 Å². The Hall–Kier alpha value is -0.860. The van der Waals surface area contributed by atoms with Crippen molar-refractivity contribution in [2.75, 3.05) is 19.7 Å². The van der Waals surface area contributed by atoms with Crippen molar-refractivity contribution in [2.24, 2.45) is 5.92 Å². The molecule has 3 nitrogen and oxygen atoms in total. The minimum atomic E-state index is -0.399. The van der Waals surface area contributed by atoms with E-state index in [9.17, 15) is 5.11 Å². The van der Waals surface area contributed by atoms with E-state index < -0.39 is 5.60 Å². The fourth-order valence-electron chi connectivity index (χ4n) is 3.70. The average Bonchev–Trinajstić information content (AvgIpc) is 2.92. The van der Waals surface area contributed by atoms with Crippen LogP contribution in [0.2, 0.25) is 0 Å². The molecule has 1 saturated carbocycles. The zero-order valence-electron chi connectivity index (χ0n) is 12.3. The molecule has 2 heterocycles.